The van der Waals surface area contributed by atoms with Crippen molar-refractivity contribution in [3.8, 4) is 0 Å². The third kappa shape index (κ3) is 4.37. The Hall–Kier alpha value is -3.76. The van der Waals surface area contributed by atoms with Gasteiger partial charge in [0.1, 0.15) is 0 Å². The molecule has 1 amide bonds. The van der Waals surface area contributed by atoms with Crippen LogP contribution in [-0.4, -0.2) is 39.0 Å². The highest BCUT2D eigenvalue weighted by Crippen LogP contribution is 2.22. The van der Waals surface area contributed by atoms with E-state index in [0.29, 0.717) is 16.1 Å². The van der Waals surface area contributed by atoms with Crippen LogP contribution in [0.25, 0.3) is 10.2 Å². The number of nitrogens with zero attached hydrogens (tertiary/aromatic N) is 3. The van der Waals surface area contributed by atoms with Crippen LogP contribution >= 0.6 is 11.3 Å². The van der Waals surface area contributed by atoms with Crippen LogP contribution in [0.2, 0.25) is 0 Å². The second-order valence-corrected chi connectivity index (χ2v) is 10.3. The molecular weight excluding hydrogens is 474 g/mol. The van der Waals surface area contributed by atoms with Gasteiger partial charge in [-0.2, -0.15) is 4.99 Å². The Labute approximate surface area is 200 Å². The number of sulfonamides is 1. The van der Waals surface area contributed by atoms with Gasteiger partial charge in [-0.3, -0.25) is 9.10 Å². The normalized spacial score (nSPS) is 12.0. The smallest absolute Gasteiger partial charge is 0.337 e. The minimum absolute atomic E-state index is 0.0677. The molecule has 174 valence electrons. The molecule has 0 saturated heterocycles. The van der Waals surface area contributed by atoms with Crippen LogP contribution in [0.5, 0.6) is 0 Å². The van der Waals surface area contributed by atoms with Crippen molar-refractivity contribution in [1.29, 1.82) is 0 Å². The molecule has 0 aliphatic rings. The molecule has 0 atom stereocenters. The SMILES string of the molecule is COC(=O)c1ccc2c(c1)sc(=NC(=O)c1ccc(S(=O)(=O)N(C)c3ccccc3)cc1)n2C. The zero-order chi connectivity index (χ0) is 24.5. The maximum atomic E-state index is 12.9. The lowest BCUT2D eigenvalue weighted by Crippen LogP contribution is -2.26. The van der Waals surface area contributed by atoms with E-state index in [0.717, 1.165) is 10.2 Å². The van der Waals surface area contributed by atoms with Crippen molar-refractivity contribution in [2.45, 2.75) is 4.90 Å². The number of aryl methyl sites for hydroxylation is 1. The second kappa shape index (κ2) is 9.24. The van der Waals surface area contributed by atoms with E-state index in [9.17, 15) is 18.0 Å². The molecule has 4 rings (SSSR count). The monoisotopic (exact) mass is 495 g/mol. The number of thiazole rings is 1. The molecular formula is C24H21N3O5S2. The lowest BCUT2D eigenvalue weighted by atomic mass is 10.2. The molecule has 4 aromatic rings. The molecule has 0 bridgehead atoms. The Kier molecular flexibility index (Phi) is 6.36. The lowest BCUT2D eigenvalue weighted by Gasteiger charge is -2.19. The molecule has 0 aliphatic heterocycles. The first-order valence-corrected chi connectivity index (χ1v) is 12.4. The largest absolute Gasteiger partial charge is 0.465 e. The number of ether oxygens (including phenoxy) is 1. The molecule has 0 saturated carbocycles. The van der Waals surface area contributed by atoms with Crippen LogP contribution in [0.1, 0.15) is 20.7 Å². The number of rotatable bonds is 5. The van der Waals surface area contributed by atoms with Gasteiger partial charge in [0.05, 0.1) is 33.5 Å². The summed E-state index contributed by atoms with van der Waals surface area (Å²) in [5.41, 5.74) is 2.01. The fourth-order valence-electron chi connectivity index (χ4n) is 3.34. The zero-order valence-corrected chi connectivity index (χ0v) is 20.3. The summed E-state index contributed by atoms with van der Waals surface area (Å²) < 4.78 is 34.3. The fraction of sp³-hybridized carbons (Fsp3) is 0.125. The Balaban J connectivity index is 1.62. The molecule has 34 heavy (non-hydrogen) atoms. The van der Waals surface area contributed by atoms with Crippen molar-refractivity contribution in [3.05, 3.63) is 88.7 Å². The van der Waals surface area contributed by atoms with Crippen LogP contribution in [0.4, 0.5) is 5.69 Å². The van der Waals surface area contributed by atoms with Crippen LogP contribution in [0.15, 0.2) is 82.7 Å². The summed E-state index contributed by atoms with van der Waals surface area (Å²) >= 11 is 1.26. The van der Waals surface area contributed by atoms with E-state index in [1.807, 2.05) is 6.07 Å². The minimum atomic E-state index is -3.78. The van der Waals surface area contributed by atoms with Crippen molar-refractivity contribution in [2.24, 2.45) is 12.0 Å². The number of benzene rings is 3. The van der Waals surface area contributed by atoms with E-state index in [-0.39, 0.29) is 10.5 Å². The number of esters is 1. The van der Waals surface area contributed by atoms with Gasteiger partial charge in [-0.15, -0.1) is 0 Å². The zero-order valence-electron chi connectivity index (χ0n) is 18.6. The Morgan fingerprint density at radius 1 is 0.971 bits per heavy atom. The van der Waals surface area contributed by atoms with Crippen molar-refractivity contribution < 1.29 is 22.7 Å². The van der Waals surface area contributed by atoms with E-state index in [1.165, 1.54) is 54.1 Å². The third-order valence-electron chi connectivity index (χ3n) is 5.31. The summed E-state index contributed by atoms with van der Waals surface area (Å²) in [6.45, 7) is 0. The second-order valence-electron chi connectivity index (χ2n) is 7.37. The van der Waals surface area contributed by atoms with Gasteiger partial charge in [-0.1, -0.05) is 29.5 Å². The molecule has 0 radical (unpaired) electrons. The summed E-state index contributed by atoms with van der Waals surface area (Å²) in [5, 5.41) is 0. The van der Waals surface area contributed by atoms with Crippen LogP contribution in [0.3, 0.4) is 0 Å². The van der Waals surface area contributed by atoms with Gasteiger partial charge in [0.2, 0.25) is 0 Å². The predicted octanol–water partition coefficient (Wildman–Crippen LogP) is 3.59. The Bertz CT molecular complexity index is 1550. The van der Waals surface area contributed by atoms with Crippen molar-refractivity contribution in [3.63, 3.8) is 0 Å². The van der Waals surface area contributed by atoms with E-state index in [2.05, 4.69) is 4.99 Å². The topological polar surface area (TPSA) is 98.0 Å². The highest BCUT2D eigenvalue weighted by Gasteiger charge is 2.21. The van der Waals surface area contributed by atoms with Gasteiger partial charge in [0.25, 0.3) is 15.9 Å². The Morgan fingerprint density at radius 2 is 1.62 bits per heavy atom. The van der Waals surface area contributed by atoms with Crippen molar-refractivity contribution >= 4 is 49.1 Å². The minimum Gasteiger partial charge on any atom is -0.465 e. The molecule has 1 aromatic heterocycles. The third-order valence-corrected chi connectivity index (χ3v) is 8.20. The van der Waals surface area contributed by atoms with Gasteiger partial charge in [-0.25, -0.2) is 13.2 Å². The number of para-hydroxylation sites is 1. The average Bonchev–Trinajstić information content (AvgIpc) is 3.17. The molecule has 1 heterocycles. The van der Waals surface area contributed by atoms with Gasteiger partial charge in [0, 0.05) is 19.7 Å². The first-order valence-electron chi connectivity index (χ1n) is 10.1. The molecule has 0 aliphatic carbocycles. The standard InChI is InChI=1S/C24H21N3O5S2/c1-26-20-14-11-17(23(29)32-3)15-21(20)33-24(26)25-22(28)16-9-12-19(13-10-16)34(30,31)27(2)18-7-5-4-6-8-18/h4-15H,1-3H3. The van der Waals surface area contributed by atoms with E-state index in [1.54, 1.807) is 54.1 Å². The lowest BCUT2D eigenvalue weighted by molar-refractivity contribution is 0.0600. The Morgan fingerprint density at radius 3 is 2.26 bits per heavy atom. The predicted molar refractivity (Wildman–Crippen MR) is 131 cm³/mol. The summed E-state index contributed by atoms with van der Waals surface area (Å²) in [5.74, 6) is -0.948. The molecule has 0 N–H and O–H groups in total. The van der Waals surface area contributed by atoms with E-state index >= 15 is 0 Å². The molecule has 0 unspecified atom stereocenters. The summed E-state index contributed by atoms with van der Waals surface area (Å²) in [7, 11) is 0.791. The average molecular weight is 496 g/mol. The number of amides is 1. The number of aromatic nitrogens is 1. The van der Waals surface area contributed by atoms with Gasteiger partial charge in [-0.05, 0) is 54.6 Å². The van der Waals surface area contributed by atoms with E-state index < -0.39 is 21.9 Å². The van der Waals surface area contributed by atoms with Crippen molar-refractivity contribution in [2.75, 3.05) is 18.5 Å². The number of fused-ring (bicyclic) bond motifs is 1. The number of anilines is 1. The maximum Gasteiger partial charge on any atom is 0.337 e. The molecule has 3 aromatic carbocycles. The summed E-state index contributed by atoms with van der Waals surface area (Å²) in [6, 6.07) is 19.5. The number of carbonyl (C=O) groups excluding carboxylic acids is 2. The van der Waals surface area contributed by atoms with Crippen LogP contribution in [-0.2, 0) is 21.8 Å². The maximum absolute atomic E-state index is 12.9. The molecule has 0 fully saturated rings. The highest BCUT2D eigenvalue weighted by atomic mass is 32.2. The van der Waals surface area contributed by atoms with Gasteiger partial charge in [0.15, 0.2) is 4.80 Å². The van der Waals surface area contributed by atoms with E-state index in [4.69, 9.17) is 4.74 Å². The molecule has 8 nitrogen and oxygen atoms in total. The summed E-state index contributed by atoms with van der Waals surface area (Å²) in [6.07, 6.45) is 0. The number of carbonyl (C=O) groups is 2. The first-order chi connectivity index (χ1) is 16.2. The number of hydrogen-bond acceptors (Lipinski definition) is 6. The number of hydrogen-bond donors (Lipinski definition) is 0. The number of methoxy groups -OCH3 is 1. The van der Waals surface area contributed by atoms with Gasteiger partial charge >= 0.3 is 5.97 Å². The quantitative estimate of drug-likeness (QED) is 0.394. The summed E-state index contributed by atoms with van der Waals surface area (Å²) in [4.78, 5) is 29.3. The fourth-order valence-corrected chi connectivity index (χ4v) is 5.59. The first kappa shape index (κ1) is 23.4. The van der Waals surface area contributed by atoms with Crippen LogP contribution < -0.4 is 9.11 Å². The molecule has 0 spiro atoms. The van der Waals surface area contributed by atoms with Gasteiger partial charge < -0.3 is 9.30 Å². The van der Waals surface area contributed by atoms with Crippen LogP contribution in [0, 0.1) is 0 Å². The van der Waals surface area contributed by atoms with Crippen molar-refractivity contribution in [1.82, 2.24) is 4.57 Å². The molecule has 10 heteroatoms. The highest BCUT2D eigenvalue weighted by molar-refractivity contribution is 7.92.